The van der Waals surface area contributed by atoms with Gasteiger partial charge in [-0.3, -0.25) is 19.7 Å². The lowest BCUT2D eigenvalue weighted by molar-refractivity contribution is -0.384. The van der Waals surface area contributed by atoms with E-state index in [0.29, 0.717) is 11.0 Å². The molecule has 2 aliphatic rings. The number of amides is 2. The largest absolute Gasteiger partial charge is 0.495 e. The summed E-state index contributed by atoms with van der Waals surface area (Å²) in [6.45, 7) is 9.19. The minimum atomic E-state index is -0.802. The fraction of sp³-hybridized carbons (Fsp3) is 0.333. The number of carbonyl (C=O) groups is 2. The Morgan fingerprint density at radius 2 is 1.47 bits per heavy atom. The fourth-order valence-corrected chi connectivity index (χ4v) is 3.73. The van der Waals surface area contributed by atoms with Gasteiger partial charge in [-0.1, -0.05) is 18.2 Å². The van der Waals surface area contributed by atoms with Crippen molar-refractivity contribution >= 4 is 35.8 Å². The van der Waals surface area contributed by atoms with E-state index in [1.807, 2.05) is 27.7 Å². The maximum Gasteiger partial charge on any atom is 0.495 e. The van der Waals surface area contributed by atoms with E-state index in [0.717, 1.165) is 4.90 Å². The standard InChI is InChI=1S/C21H21BN2O6/c1-12-10-13(22-29-20(2,3)21(4,5)30-22)11-16(24(27)28)17(12)23-18(25)14-8-6-7-9-15(14)19(23)26/h6-11H,1-5H3. The number of benzene rings is 2. The highest BCUT2D eigenvalue weighted by Crippen LogP contribution is 2.39. The van der Waals surface area contributed by atoms with E-state index in [-0.39, 0.29) is 22.5 Å². The molecule has 8 nitrogen and oxygen atoms in total. The van der Waals surface area contributed by atoms with Gasteiger partial charge in [0.2, 0.25) is 0 Å². The van der Waals surface area contributed by atoms with Gasteiger partial charge in [0.05, 0.1) is 27.3 Å². The van der Waals surface area contributed by atoms with Gasteiger partial charge in [0.15, 0.2) is 0 Å². The van der Waals surface area contributed by atoms with E-state index in [2.05, 4.69) is 0 Å². The number of nitrogens with zero attached hydrogens (tertiary/aromatic N) is 2. The maximum absolute atomic E-state index is 12.9. The predicted octanol–water partition coefficient (Wildman–Crippen LogP) is 3.00. The number of rotatable bonds is 3. The van der Waals surface area contributed by atoms with E-state index < -0.39 is 35.1 Å². The second-order valence-corrected chi connectivity index (χ2v) is 8.54. The summed E-state index contributed by atoms with van der Waals surface area (Å²) in [5.74, 6) is -1.16. The van der Waals surface area contributed by atoms with E-state index in [4.69, 9.17) is 9.31 Å². The van der Waals surface area contributed by atoms with Crippen molar-refractivity contribution in [3.05, 3.63) is 63.2 Å². The van der Waals surface area contributed by atoms with Gasteiger partial charge in [0.1, 0.15) is 5.69 Å². The van der Waals surface area contributed by atoms with Crippen molar-refractivity contribution in [2.75, 3.05) is 4.90 Å². The van der Waals surface area contributed by atoms with Crippen LogP contribution in [0.5, 0.6) is 0 Å². The average Bonchev–Trinajstić information content (AvgIpc) is 3.04. The van der Waals surface area contributed by atoms with Crippen LogP contribution in [0, 0.1) is 17.0 Å². The Balaban J connectivity index is 1.81. The summed E-state index contributed by atoms with van der Waals surface area (Å²) in [6.07, 6.45) is 0. The zero-order valence-corrected chi connectivity index (χ0v) is 17.4. The average molecular weight is 408 g/mol. The first-order chi connectivity index (χ1) is 13.9. The molecule has 0 N–H and O–H groups in total. The molecule has 0 spiro atoms. The zero-order valence-electron chi connectivity index (χ0n) is 17.4. The quantitative estimate of drug-likeness (QED) is 0.335. The molecule has 0 aromatic heterocycles. The van der Waals surface area contributed by atoms with E-state index in [9.17, 15) is 19.7 Å². The molecular formula is C21H21BN2O6. The van der Waals surface area contributed by atoms with E-state index >= 15 is 0 Å². The first kappa shape index (κ1) is 20.2. The van der Waals surface area contributed by atoms with Gasteiger partial charge in [-0.05, 0) is 57.8 Å². The van der Waals surface area contributed by atoms with Gasteiger partial charge in [-0.25, -0.2) is 4.90 Å². The lowest BCUT2D eigenvalue weighted by Crippen LogP contribution is -2.41. The second-order valence-electron chi connectivity index (χ2n) is 8.54. The highest BCUT2D eigenvalue weighted by Gasteiger charge is 2.52. The Kier molecular flexibility index (Phi) is 4.37. The summed E-state index contributed by atoms with van der Waals surface area (Å²) in [7, 11) is -0.802. The van der Waals surface area contributed by atoms with Crippen LogP contribution < -0.4 is 10.4 Å². The summed E-state index contributed by atoms with van der Waals surface area (Å²) in [6, 6.07) is 9.35. The van der Waals surface area contributed by atoms with Crippen molar-refractivity contribution in [1.82, 2.24) is 0 Å². The van der Waals surface area contributed by atoms with Gasteiger partial charge in [-0.2, -0.15) is 0 Å². The van der Waals surface area contributed by atoms with Crippen molar-refractivity contribution in [1.29, 1.82) is 0 Å². The SMILES string of the molecule is Cc1cc(B2OC(C)(C)C(C)(C)O2)cc([N+](=O)[O-])c1N1C(=O)c2ccccc2C1=O. The summed E-state index contributed by atoms with van der Waals surface area (Å²) in [5.41, 5.74) is -0.289. The molecular weight excluding hydrogens is 387 g/mol. The van der Waals surface area contributed by atoms with Crippen LogP contribution in [0.2, 0.25) is 0 Å². The molecule has 2 amide bonds. The van der Waals surface area contributed by atoms with Crippen LogP contribution >= 0.6 is 0 Å². The topological polar surface area (TPSA) is 99.0 Å². The molecule has 0 unspecified atom stereocenters. The summed E-state index contributed by atoms with van der Waals surface area (Å²) < 4.78 is 12.0. The summed E-state index contributed by atoms with van der Waals surface area (Å²) in [4.78, 5) is 38.0. The van der Waals surface area contributed by atoms with Crippen molar-refractivity contribution in [2.24, 2.45) is 0 Å². The van der Waals surface area contributed by atoms with Crippen LogP contribution in [0.1, 0.15) is 54.0 Å². The highest BCUT2D eigenvalue weighted by molar-refractivity contribution is 6.62. The third kappa shape index (κ3) is 2.85. The molecule has 2 aromatic rings. The number of hydrogen-bond donors (Lipinski definition) is 0. The third-order valence-electron chi connectivity index (χ3n) is 6.04. The molecule has 0 aliphatic carbocycles. The number of anilines is 1. The number of nitro benzene ring substituents is 1. The van der Waals surface area contributed by atoms with Gasteiger partial charge < -0.3 is 9.31 Å². The molecule has 2 aromatic carbocycles. The van der Waals surface area contributed by atoms with Crippen molar-refractivity contribution in [2.45, 2.75) is 45.8 Å². The molecule has 2 aliphatic heterocycles. The van der Waals surface area contributed by atoms with Gasteiger partial charge >= 0.3 is 7.12 Å². The Morgan fingerprint density at radius 3 is 1.93 bits per heavy atom. The number of fused-ring (bicyclic) bond motifs is 1. The minimum Gasteiger partial charge on any atom is -0.399 e. The van der Waals surface area contributed by atoms with Crippen LogP contribution in [0.25, 0.3) is 0 Å². The molecule has 1 saturated heterocycles. The molecule has 9 heteroatoms. The Morgan fingerprint density at radius 1 is 0.967 bits per heavy atom. The number of hydrogen-bond acceptors (Lipinski definition) is 6. The van der Waals surface area contributed by atoms with Crippen molar-refractivity contribution in [3.63, 3.8) is 0 Å². The van der Waals surface area contributed by atoms with Gasteiger partial charge in [0.25, 0.3) is 17.5 Å². The lowest BCUT2D eigenvalue weighted by atomic mass is 9.77. The molecule has 1 fully saturated rings. The van der Waals surface area contributed by atoms with Crippen LogP contribution in [0.15, 0.2) is 36.4 Å². The highest BCUT2D eigenvalue weighted by atomic mass is 16.7. The Bertz CT molecular complexity index is 1060. The van der Waals surface area contributed by atoms with E-state index in [1.54, 1.807) is 25.1 Å². The fourth-order valence-electron chi connectivity index (χ4n) is 3.73. The second kappa shape index (κ2) is 6.48. The smallest absolute Gasteiger partial charge is 0.399 e. The molecule has 0 atom stereocenters. The van der Waals surface area contributed by atoms with Gasteiger partial charge in [0, 0.05) is 6.07 Å². The summed E-state index contributed by atoms with van der Waals surface area (Å²) >= 11 is 0. The van der Waals surface area contributed by atoms with Crippen LogP contribution in [-0.4, -0.2) is 35.1 Å². The molecule has 154 valence electrons. The third-order valence-corrected chi connectivity index (χ3v) is 6.04. The van der Waals surface area contributed by atoms with Crippen molar-refractivity contribution in [3.8, 4) is 0 Å². The number of carbonyl (C=O) groups excluding carboxylic acids is 2. The molecule has 0 radical (unpaired) electrons. The molecule has 0 saturated carbocycles. The lowest BCUT2D eigenvalue weighted by Gasteiger charge is -2.32. The maximum atomic E-state index is 12.9. The van der Waals surface area contributed by atoms with Gasteiger partial charge in [-0.15, -0.1) is 0 Å². The molecule has 2 heterocycles. The Hall–Kier alpha value is -3.04. The number of imide groups is 1. The minimum absolute atomic E-state index is 0.0357. The first-order valence-electron chi connectivity index (χ1n) is 9.57. The predicted molar refractivity (Wildman–Crippen MR) is 111 cm³/mol. The van der Waals surface area contributed by atoms with Crippen LogP contribution in [-0.2, 0) is 9.31 Å². The number of aryl methyl sites for hydroxylation is 1. The van der Waals surface area contributed by atoms with Crippen LogP contribution in [0.4, 0.5) is 11.4 Å². The monoisotopic (exact) mass is 408 g/mol. The molecule has 0 bridgehead atoms. The van der Waals surface area contributed by atoms with Crippen molar-refractivity contribution < 1.29 is 23.8 Å². The zero-order chi connectivity index (χ0) is 22.0. The van der Waals surface area contributed by atoms with E-state index in [1.165, 1.54) is 18.2 Å². The van der Waals surface area contributed by atoms with Crippen LogP contribution in [0.3, 0.4) is 0 Å². The first-order valence-corrected chi connectivity index (χ1v) is 9.57. The normalized spacial score (nSPS) is 19.4. The molecule has 4 rings (SSSR count). The number of nitro groups is 1. The Labute approximate surface area is 174 Å². The summed E-state index contributed by atoms with van der Waals surface area (Å²) in [5, 5.41) is 11.9. The molecule has 30 heavy (non-hydrogen) atoms.